The number of aryl methyl sites for hydroxylation is 1. The summed E-state index contributed by atoms with van der Waals surface area (Å²) in [5.41, 5.74) is 4.13. The summed E-state index contributed by atoms with van der Waals surface area (Å²) >= 11 is 0. The van der Waals surface area contributed by atoms with Gasteiger partial charge in [-0.05, 0) is 36.5 Å². The molecule has 0 saturated heterocycles. The van der Waals surface area contributed by atoms with Crippen molar-refractivity contribution >= 4 is 11.5 Å². The Hall–Kier alpha value is -2.03. The zero-order valence-electron chi connectivity index (χ0n) is 11.2. The van der Waals surface area contributed by atoms with Crippen LogP contribution in [0.25, 0.3) is 0 Å². The molecule has 2 N–H and O–H groups in total. The Morgan fingerprint density at radius 3 is 2.84 bits per heavy atom. The van der Waals surface area contributed by atoms with E-state index in [1.165, 1.54) is 17.5 Å². The summed E-state index contributed by atoms with van der Waals surface area (Å²) in [6.07, 6.45) is 5.30. The molecule has 1 heterocycles. The Bertz CT molecular complexity index is 565. The van der Waals surface area contributed by atoms with E-state index < -0.39 is 0 Å². The normalized spacial score (nSPS) is 17.6. The van der Waals surface area contributed by atoms with Crippen LogP contribution in [-0.2, 0) is 12.8 Å². The van der Waals surface area contributed by atoms with Crippen molar-refractivity contribution < 1.29 is 0 Å². The number of nitrogens with zero attached hydrogens (tertiary/aromatic N) is 1. The van der Waals surface area contributed by atoms with E-state index in [-0.39, 0.29) is 0 Å². The van der Waals surface area contributed by atoms with Crippen molar-refractivity contribution in [2.45, 2.75) is 25.3 Å². The SMILES string of the molecule is CNc1cc(NC2CCc3ccccc3C2)ccn1. The molecule has 0 radical (unpaired) electrons. The highest BCUT2D eigenvalue weighted by Crippen LogP contribution is 2.24. The van der Waals surface area contributed by atoms with Gasteiger partial charge in [0, 0.05) is 31.0 Å². The standard InChI is InChI=1S/C16H19N3/c1-17-16-11-15(8-9-18-16)19-14-7-6-12-4-2-3-5-13(12)10-14/h2-5,8-9,11,14H,6-7,10H2,1H3,(H2,17,18,19). The van der Waals surface area contributed by atoms with Gasteiger partial charge in [0.1, 0.15) is 5.82 Å². The van der Waals surface area contributed by atoms with E-state index in [1.807, 2.05) is 19.3 Å². The van der Waals surface area contributed by atoms with E-state index in [9.17, 15) is 0 Å². The molecule has 3 nitrogen and oxygen atoms in total. The Kier molecular flexibility index (Phi) is 3.36. The average molecular weight is 253 g/mol. The number of benzene rings is 1. The van der Waals surface area contributed by atoms with Crippen LogP contribution < -0.4 is 10.6 Å². The number of aromatic nitrogens is 1. The van der Waals surface area contributed by atoms with Crippen LogP contribution in [0, 0.1) is 0 Å². The first-order chi connectivity index (χ1) is 9.35. The molecule has 1 aromatic carbocycles. The van der Waals surface area contributed by atoms with Gasteiger partial charge in [-0.1, -0.05) is 24.3 Å². The van der Waals surface area contributed by atoms with Crippen molar-refractivity contribution in [3.8, 4) is 0 Å². The van der Waals surface area contributed by atoms with Gasteiger partial charge in [0.15, 0.2) is 0 Å². The van der Waals surface area contributed by atoms with Crippen LogP contribution in [0.2, 0.25) is 0 Å². The molecule has 1 aliphatic carbocycles. The van der Waals surface area contributed by atoms with Gasteiger partial charge in [-0.3, -0.25) is 0 Å². The molecule has 0 bridgehead atoms. The summed E-state index contributed by atoms with van der Waals surface area (Å²) in [5.74, 6) is 0.904. The van der Waals surface area contributed by atoms with Gasteiger partial charge in [-0.15, -0.1) is 0 Å². The molecule has 1 unspecified atom stereocenters. The highest BCUT2D eigenvalue weighted by atomic mass is 15.0. The molecule has 0 spiro atoms. The summed E-state index contributed by atoms with van der Waals surface area (Å²) in [4.78, 5) is 4.24. The monoisotopic (exact) mass is 253 g/mol. The predicted octanol–water partition coefficient (Wildman–Crippen LogP) is 3.09. The largest absolute Gasteiger partial charge is 0.382 e. The molecule has 1 aromatic heterocycles. The van der Waals surface area contributed by atoms with Crippen molar-refractivity contribution in [1.29, 1.82) is 0 Å². The Morgan fingerprint density at radius 2 is 2.00 bits per heavy atom. The van der Waals surface area contributed by atoms with Crippen molar-refractivity contribution in [2.24, 2.45) is 0 Å². The topological polar surface area (TPSA) is 37.0 Å². The molecule has 2 aromatic rings. The molecular weight excluding hydrogens is 234 g/mol. The van der Waals surface area contributed by atoms with Crippen LogP contribution in [0.15, 0.2) is 42.6 Å². The number of rotatable bonds is 3. The van der Waals surface area contributed by atoms with E-state index in [0.717, 1.165) is 24.3 Å². The molecule has 3 heteroatoms. The Morgan fingerprint density at radius 1 is 1.16 bits per heavy atom. The van der Waals surface area contributed by atoms with Crippen molar-refractivity contribution in [1.82, 2.24) is 4.98 Å². The number of hydrogen-bond acceptors (Lipinski definition) is 3. The van der Waals surface area contributed by atoms with E-state index in [0.29, 0.717) is 6.04 Å². The molecular formula is C16H19N3. The van der Waals surface area contributed by atoms with Crippen LogP contribution in [0.4, 0.5) is 11.5 Å². The first-order valence-electron chi connectivity index (χ1n) is 6.82. The van der Waals surface area contributed by atoms with Gasteiger partial charge in [0.25, 0.3) is 0 Å². The van der Waals surface area contributed by atoms with Crippen LogP contribution in [0.3, 0.4) is 0 Å². The molecule has 3 rings (SSSR count). The maximum Gasteiger partial charge on any atom is 0.127 e. The summed E-state index contributed by atoms with van der Waals surface area (Å²) < 4.78 is 0. The average Bonchev–Trinajstić information content (AvgIpc) is 2.47. The van der Waals surface area contributed by atoms with Crippen LogP contribution in [0.1, 0.15) is 17.5 Å². The molecule has 1 atom stereocenters. The first kappa shape index (κ1) is 12.0. The maximum atomic E-state index is 4.24. The zero-order chi connectivity index (χ0) is 13.1. The van der Waals surface area contributed by atoms with Crippen LogP contribution >= 0.6 is 0 Å². The number of fused-ring (bicyclic) bond motifs is 1. The van der Waals surface area contributed by atoms with Crippen molar-refractivity contribution in [2.75, 3.05) is 17.7 Å². The van der Waals surface area contributed by atoms with Crippen molar-refractivity contribution in [3.05, 3.63) is 53.7 Å². The summed E-state index contributed by atoms with van der Waals surface area (Å²) in [7, 11) is 1.89. The lowest BCUT2D eigenvalue weighted by Gasteiger charge is -2.26. The molecule has 1 aliphatic rings. The highest BCUT2D eigenvalue weighted by Gasteiger charge is 2.17. The third-order valence-corrected chi connectivity index (χ3v) is 3.73. The van der Waals surface area contributed by atoms with Gasteiger partial charge in [-0.25, -0.2) is 4.98 Å². The lowest BCUT2D eigenvalue weighted by atomic mass is 9.88. The van der Waals surface area contributed by atoms with Gasteiger partial charge in [0.05, 0.1) is 0 Å². The predicted molar refractivity (Wildman–Crippen MR) is 79.7 cm³/mol. The third kappa shape index (κ3) is 2.70. The third-order valence-electron chi connectivity index (χ3n) is 3.73. The fourth-order valence-electron chi connectivity index (χ4n) is 2.71. The summed E-state index contributed by atoms with van der Waals surface area (Å²) in [6.45, 7) is 0. The van der Waals surface area contributed by atoms with E-state index in [1.54, 1.807) is 0 Å². The number of nitrogens with one attached hydrogen (secondary N) is 2. The van der Waals surface area contributed by atoms with Crippen LogP contribution in [0.5, 0.6) is 0 Å². The molecule has 98 valence electrons. The molecule has 0 saturated carbocycles. The smallest absolute Gasteiger partial charge is 0.127 e. The minimum atomic E-state index is 0.516. The first-order valence-corrected chi connectivity index (χ1v) is 6.82. The second kappa shape index (κ2) is 5.31. The second-order valence-electron chi connectivity index (χ2n) is 5.03. The fraction of sp³-hybridized carbons (Fsp3) is 0.312. The van der Waals surface area contributed by atoms with Gasteiger partial charge in [0.2, 0.25) is 0 Å². The Labute approximate surface area is 114 Å². The minimum absolute atomic E-state index is 0.516. The molecule has 19 heavy (non-hydrogen) atoms. The number of pyridine rings is 1. The highest BCUT2D eigenvalue weighted by molar-refractivity contribution is 5.52. The molecule has 0 amide bonds. The minimum Gasteiger partial charge on any atom is -0.382 e. The van der Waals surface area contributed by atoms with E-state index in [2.05, 4.69) is 45.9 Å². The fourth-order valence-corrected chi connectivity index (χ4v) is 2.71. The maximum absolute atomic E-state index is 4.24. The van der Waals surface area contributed by atoms with Gasteiger partial charge >= 0.3 is 0 Å². The second-order valence-corrected chi connectivity index (χ2v) is 5.03. The Balaban J connectivity index is 1.71. The van der Waals surface area contributed by atoms with Gasteiger partial charge in [-0.2, -0.15) is 0 Å². The lowest BCUT2D eigenvalue weighted by molar-refractivity contribution is 0.611. The summed E-state index contributed by atoms with van der Waals surface area (Å²) in [5, 5.41) is 6.69. The number of anilines is 2. The van der Waals surface area contributed by atoms with Crippen molar-refractivity contribution in [3.63, 3.8) is 0 Å². The quantitative estimate of drug-likeness (QED) is 0.882. The number of hydrogen-bond donors (Lipinski definition) is 2. The van der Waals surface area contributed by atoms with Crippen LogP contribution in [-0.4, -0.2) is 18.1 Å². The van der Waals surface area contributed by atoms with E-state index in [4.69, 9.17) is 0 Å². The van der Waals surface area contributed by atoms with Gasteiger partial charge < -0.3 is 10.6 Å². The summed E-state index contributed by atoms with van der Waals surface area (Å²) in [6, 6.07) is 13.4. The molecule has 0 fully saturated rings. The molecule has 0 aliphatic heterocycles. The lowest BCUT2D eigenvalue weighted by Crippen LogP contribution is -2.27. The van der Waals surface area contributed by atoms with E-state index >= 15 is 0 Å². The zero-order valence-corrected chi connectivity index (χ0v) is 11.2.